The standard InChI is InChI=1S/C13H15BrN4/c1-3-10-11(14)13(16-4-2)18-12(17-10)9-5-7-15-8-6-9/h5-8H,3-4H2,1-2H3,(H,16,17,18). The number of pyridine rings is 1. The van der Waals surface area contributed by atoms with Crippen molar-refractivity contribution in [1.82, 2.24) is 15.0 Å². The lowest BCUT2D eigenvalue weighted by Crippen LogP contribution is -2.05. The molecule has 0 saturated carbocycles. The molecule has 2 aromatic heterocycles. The van der Waals surface area contributed by atoms with E-state index in [1.54, 1.807) is 12.4 Å². The zero-order chi connectivity index (χ0) is 13.0. The molecule has 2 rings (SSSR count). The lowest BCUT2D eigenvalue weighted by atomic mass is 10.2. The van der Waals surface area contributed by atoms with Crippen molar-refractivity contribution in [3.63, 3.8) is 0 Å². The first-order valence-corrected chi connectivity index (χ1v) is 6.76. The molecule has 0 aliphatic carbocycles. The van der Waals surface area contributed by atoms with Gasteiger partial charge in [0, 0.05) is 24.5 Å². The van der Waals surface area contributed by atoms with Crippen LogP contribution in [0.2, 0.25) is 0 Å². The average molecular weight is 307 g/mol. The third-order valence-electron chi connectivity index (χ3n) is 2.54. The Morgan fingerprint density at radius 3 is 2.50 bits per heavy atom. The van der Waals surface area contributed by atoms with E-state index in [0.717, 1.165) is 40.3 Å². The van der Waals surface area contributed by atoms with Gasteiger partial charge in [-0.25, -0.2) is 9.97 Å². The van der Waals surface area contributed by atoms with Gasteiger partial charge in [0.1, 0.15) is 5.82 Å². The molecular weight excluding hydrogens is 292 g/mol. The summed E-state index contributed by atoms with van der Waals surface area (Å²) >= 11 is 3.55. The maximum atomic E-state index is 4.58. The van der Waals surface area contributed by atoms with Crippen molar-refractivity contribution >= 4 is 21.7 Å². The van der Waals surface area contributed by atoms with E-state index in [1.807, 2.05) is 19.1 Å². The van der Waals surface area contributed by atoms with E-state index in [-0.39, 0.29) is 0 Å². The summed E-state index contributed by atoms with van der Waals surface area (Å²) in [5.41, 5.74) is 1.99. The van der Waals surface area contributed by atoms with E-state index in [2.05, 4.69) is 43.1 Å². The summed E-state index contributed by atoms with van der Waals surface area (Å²) < 4.78 is 0.949. The molecule has 2 aromatic rings. The molecule has 0 bridgehead atoms. The Morgan fingerprint density at radius 2 is 1.89 bits per heavy atom. The van der Waals surface area contributed by atoms with Crippen LogP contribution in [0.25, 0.3) is 11.4 Å². The van der Waals surface area contributed by atoms with Gasteiger partial charge in [-0.05, 0) is 41.4 Å². The predicted octanol–water partition coefficient (Wildman–Crippen LogP) is 3.30. The lowest BCUT2D eigenvalue weighted by Gasteiger charge is -2.11. The van der Waals surface area contributed by atoms with E-state index < -0.39 is 0 Å². The molecule has 94 valence electrons. The Kier molecular flexibility index (Phi) is 4.25. The van der Waals surface area contributed by atoms with Crippen LogP contribution >= 0.6 is 15.9 Å². The highest BCUT2D eigenvalue weighted by Crippen LogP contribution is 2.27. The summed E-state index contributed by atoms with van der Waals surface area (Å²) in [4.78, 5) is 13.1. The molecule has 0 amide bonds. The quantitative estimate of drug-likeness (QED) is 0.941. The molecular formula is C13H15BrN4. The molecule has 2 heterocycles. The number of aryl methyl sites for hydroxylation is 1. The minimum absolute atomic E-state index is 0.730. The van der Waals surface area contributed by atoms with E-state index in [9.17, 15) is 0 Å². The number of nitrogens with one attached hydrogen (secondary N) is 1. The maximum Gasteiger partial charge on any atom is 0.161 e. The van der Waals surface area contributed by atoms with Crippen LogP contribution in [-0.4, -0.2) is 21.5 Å². The second kappa shape index (κ2) is 5.91. The van der Waals surface area contributed by atoms with E-state index >= 15 is 0 Å². The van der Waals surface area contributed by atoms with E-state index in [1.165, 1.54) is 0 Å². The van der Waals surface area contributed by atoms with Gasteiger partial charge < -0.3 is 5.32 Å². The first-order chi connectivity index (χ1) is 8.76. The number of hydrogen-bond acceptors (Lipinski definition) is 4. The number of nitrogens with zero attached hydrogens (tertiary/aromatic N) is 3. The second-order valence-corrected chi connectivity index (χ2v) is 4.57. The third kappa shape index (κ3) is 2.67. The van der Waals surface area contributed by atoms with Gasteiger partial charge in [-0.1, -0.05) is 6.92 Å². The second-order valence-electron chi connectivity index (χ2n) is 3.78. The SMILES string of the molecule is CCNc1nc(-c2ccncc2)nc(CC)c1Br. The molecule has 0 atom stereocenters. The van der Waals surface area contributed by atoms with Crippen LogP contribution in [0.1, 0.15) is 19.5 Å². The minimum atomic E-state index is 0.730. The van der Waals surface area contributed by atoms with Gasteiger partial charge in [-0.3, -0.25) is 4.98 Å². The monoisotopic (exact) mass is 306 g/mol. The Hall–Kier alpha value is -1.49. The van der Waals surface area contributed by atoms with Crippen molar-refractivity contribution in [2.45, 2.75) is 20.3 Å². The summed E-state index contributed by atoms with van der Waals surface area (Å²) in [5, 5.41) is 3.25. The van der Waals surface area contributed by atoms with Gasteiger partial charge >= 0.3 is 0 Å². The van der Waals surface area contributed by atoms with Gasteiger partial charge in [0.2, 0.25) is 0 Å². The van der Waals surface area contributed by atoms with Crippen molar-refractivity contribution in [2.75, 3.05) is 11.9 Å². The summed E-state index contributed by atoms with van der Waals surface area (Å²) in [7, 11) is 0. The molecule has 0 radical (unpaired) electrons. The highest BCUT2D eigenvalue weighted by molar-refractivity contribution is 9.10. The zero-order valence-electron chi connectivity index (χ0n) is 10.4. The first-order valence-electron chi connectivity index (χ1n) is 5.97. The topological polar surface area (TPSA) is 50.7 Å². The molecule has 0 saturated heterocycles. The highest BCUT2D eigenvalue weighted by Gasteiger charge is 2.11. The summed E-state index contributed by atoms with van der Waals surface area (Å²) in [5.74, 6) is 1.57. The Labute approximate surface area is 115 Å². The largest absolute Gasteiger partial charge is 0.369 e. The van der Waals surface area contributed by atoms with Gasteiger partial charge in [0.25, 0.3) is 0 Å². The fraction of sp³-hybridized carbons (Fsp3) is 0.308. The number of aromatic nitrogens is 3. The molecule has 0 fully saturated rings. The molecule has 4 nitrogen and oxygen atoms in total. The Balaban J connectivity index is 2.52. The van der Waals surface area contributed by atoms with Gasteiger partial charge in [-0.2, -0.15) is 0 Å². The highest BCUT2D eigenvalue weighted by atomic mass is 79.9. The normalized spacial score (nSPS) is 10.4. The molecule has 18 heavy (non-hydrogen) atoms. The fourth-order valence-corrected chi connectivity index (χ4v) is 2.24. The van der Waals surface area contributed by atoms with Crippen molar-refractivity contribution in [1.29, 1.82) is 0 Å². The van der Waals surface area contributed by atoms with Crippen LogP contribution < -0.4 is 5.32 Å². The number of hydrogen-bond donors (Lipinski definition) is 1. The molecule has 0 aliphatic rings. The fourth-order valence-electron chi connectivity index (χ4n) is 1.64. The zero-order valence-corrected chi connectivity index (χ0v) is 12.0. The van der Waals surface area contributed by atoms with Crippen molar-refractivity contribution in [3.8, 4) is 11.4 Å². The van der Waals surface area contributed by atoms with Crippen molar-refractivity contribution < 1.29 is 0 Å². The molecule has 1 N–H and O–H groups in total. The molecule has 0 spiro atoms. The summed E-state index contributed by atoms with van der Waals surface area (Å²) in [6.07, 6.45) is 4.36. The van der Waals surface area contributed by atoms with Gasteiger partial charge in [-0.15, -0.1) is 0 Å². The molecule has 0 aromatic carbocycles. The minimum Gasteiger partial charge on any atom is -0.369 e. The van der Waals surface area contributed by atoms with Crippen LogP contribution in [0, 0.1) is 0 Å². The van der Waals surface area contributed by atoms with Crippen LogP contribution in [0.3, 0.4) is 0 Å². The van der Waals surface area contributed by atoms with Crippen LogP contribution in [0.4, 0.5) is 5.82 Å². The van der Waals surface area contributed by atoms with Crippen LogP contribution in [0.15, 0.2) is 29.0 Å². The van der Waals surface area contributed by atoms with E-state index in [4.69, 9.17) is 0 Å². The molecule has 0 unspecified atom stereocenters. The van der Waals surface area contributed by atoms with E-state index in [0.29, 0.717) is 0 Å². The summed E-state index contributed by atoms with van der Waals surface area (Å²) in [6.45, 7) is 4.96. The maximum absolute atomic E-state index is 4.58. The smallest absolute Gasteiger partial charge is 0.161 e. The van der Waals surface area contributed by atoms with Crippen LogP contribution in [-0.2, 0) is 6.42 Å². The molecule has 5 heteroatoms. The number of rotatable bonds is 4. The Bertz CT molecular complexity index is 528. The first kappa shape index (κ1) is 13.0. The van der Waals surface area contributed by atoms with Crippen LogP contribution in [0.5, 0.6) is 0 Å². The molecule has 0 aliphatic heterocycles. The Morgan fingerprint density at radius 1 is 1.17 bits per heavy atom. The van der Waals surface area contributed by atoms with Gasteiger partial charge in [0.15, 0.2) is 5.82 Å². The van der Waals surface area contributed by atoms with Gasteiger partial charge in [0.05, 0.1) is 10.2 Å². The predicted molar refractivity (Wildman–Crippen MR) is 76.5 cm³/mol. The number of anilines is 1. The average Bonchev–Trinajstić information content (AvgIpc) is 2.42. The summed E-state index contributed by atoms with van der Waals surface area (Å²) in [6, 6.07) is 3.83. The third-order valence-corrected chi connectivity index (χ3v) is 3.37. The lowest BCUT2D eigenvalue weighted by molar-refractivity contribution is 0.983. The number of halogens is 1. The van der Waals surface area contributed by atoms with Crippen molar-refractivity contribution in [2.24, 2.45) is 0 Å². The van der Waals surface area contributed by atoms with Crippen molar-refractivity contribution in [3.05, 3.63) is 34.7 Å².